The Kier molecular flexibility index (Phi) is 3.22. The van der Waals surface area contributed by atoms with E-state index < -0.39 is 5.82 Å². The molecule has 70 valence electrons. The Morgan fingerprint density at radius 2 is 2.31 bits per heavy atom. The Balaban J connectivity index is 3.15. The number of hydrazine groups is 1. The van der Waals surface area contributed by atoms with Crippen molar-refractivity contribution in [3.05, 3.63) is 34.6 Å². The lowest BCUT2D eigenvalue weighted by Gasteiger charge is -2.05. The minimum Gasteiger partial charge on any atom is -0.308 e. The van der Waals surface area contributed by atoms with Gasteiger partial charge in [0.15, 0.2) is 0 Å². The van der Waals surface area contributed by atoms with E-state index in [0.29, 0.717) is 10.6 Å². The molecule has 0 aliphatic carbocycles. The molecule has 0 saturated heterocycles. The molecule has 0 saturated carbocycles. The average molecular weight is 202 g/mol. The molecule has 0 unspecified atom stereocenters. The van der Waals surface area contributed by atoms with E-state index in [9.17, 15) is 4.39 Å². The molecule has 0 radical (unpaired) electrons. The Bertz CT molecular complexity index is 338. The Hall–Kier alpha value is -1.13. The third-order valence-corrected chi connectivity index (χ3v) is 1.78. The van der Waals surface area contributed by atoms with Gasteiger partial charge in [-0.05, 0) is 18.2 Å². The van der Waals surface area contributed by atoms with E-state index in [4.69, 9.17) is 17.4 Å². The molecule has 1 aromatic rings. The van der Waals surface area contributed by atoms with E-state index in [-0.39, 0.29) is 5.84 Å². The van der Waals surface area contributed by atoms with E-state index in [1.165, 1.54) is 19.2 Å². The normalized spacial score (nSPS) is 11.5. The Morgan fingerprint density at radius 1 is 1.62 bits per heavy atom. The molecule has 0 aliphatic heterocycles. The van der Waals surface area contributed by atoms with E-state index in [1.807, 2.05) is 0 Å². The standard InChI is InChI=1S/C8H9ClFN3/c1-12-8(13-11)6-3-2-5(9)4-7(6)10/h2-4H,11H2,1H3,(H,12,13). The van der Waals surface area contributed by atoms with Crippen molar-refractivity contribution in [3.63, 3.8) is 0 Å². The number of nitrogens with zero attached hydrogens (tertiary/aromatic N) is 1. The van der Waals surface area contributed by atoms with Crippen molar-refractivity contribution < 1.29 is 4.39 Å². The molecule has 0 amide bonds. The highest BCUT2D eigenvalue weighted by Crippen LogP contribution is 2.14. The summed E-state index contributed by atoms with van der Waals surface area (Å²) >= 11 is 5.58. The highest BCUT2D eigenvalue weighted by atomic mass is 35.5. The van der Waals surface area contributed by atoms with E-state index >= 15 is 0 Å². The minimum absolute atomic E-state index is 0.286. The van der Waals surface area contributed by atoms with Crippen LogP contribution < -0.4 is 11.3 Å². The van der Waals surface area contributed by atoms with E-state index in [1.54, 1.807) is 6.07 Å². The van der Waals surface area contributed by atoms with Gasteiger partial charge in [-0.15, -0.1) is 0 Å². The SMILES string of the molecule is CN=C(NN)c1ccc(Cl)cc1F. The second kappa shape index (κ2) is 4.20. The highest BCUT2D eigenvalue weighted by Gasteiger charge is 2.07. The fraction of sp³-hybridized carbons (Fsp3) is 0.125. The molecule has 3 nitrogen and oxygen atoms in total. The van der Waals surface area contributed by atoms with Gasteiger partial charge in [0.1, 0.15) is 11.7 Å². The molecule has 0 aliphatic rings. The molecule has 1 aromatic carbocycles. The largest absolute Gasteiger partial charge is 0.308 e. The lowest BCUT2D eigenvalue weighted by Crippen LogP contribution is -2.31. The van der Waals surface area contributed by atoms with Crippen molar-refractivity contribution in [1.29, 1.82) is 0 Å². The van der Waals surface area contributed by atoms with Gasteiger partial charge in [-0.1, -0.05) is 11.6 Å². The topological polar surface area (TPSA) is 50.4 Å². The maximum atomic E-state index is 13.2. The van der Waals surface area contributed by atoms with Crippen LogP contribution in [0.1, 0.15) is 5.56 Å². The number of aliphatic imine (C=N–C) groups is 1. The first kappa shape index (κ1) is 9.95. The van der Waals surface area contributed by atoms with Crippen LogP contribution in [-0.4, -0.2) is 12.9 Å². The molecule has 0 spiro atoms. The molecule has 0 atom stereocenters. The van der Waals surface area contributed by atoms with Crippen LogP contribution in [0.5, 0.6) is 0 Å². The molecule has 0 heterocycles. The van der Waals surface area contributed by atoms with Crippen molar-refractivity contribution in [2.75, 3.05) is 7.05 Å². The number of nitrogens with two attached hydrogens (primary N) is 1. The van der Waals surface area contributed by atoms with Crippen molar-refractivity contribution >= 4 is 17.4 Å². The van der Waals surface area contributed by atoms with Crippen molar-refractivity contribution in [1.82, 2.24) is 5.43 Å². The first-order valence-electron chi connectivity index (χ1n) is 3.58. The fourth-order valence-electron chi connectivity index (χ4n) is 0.944. The summed E-state index contributed by atoms with van der Waals surface area (Å²) in [6, 6.07) is 4.29. The van der Waals surface area contributed by atoms with E-state index in [2.05, 4.69) is 10.4 Å². The van der Waals surface area contributed by atoms with Crippen molar-refractivity contribution in [2.45, 2.75) is 0 Å². The third kappa shape index (κ3) is 2.17. The molecular weight excluding hydrogens is 193 g/mol. The first-order chi connectivity index (χ1) is 6.19. The summed E-state index contributed by atoms with van der Waals surface area (Å²) in [4.78, 5) is 3.76. The van der Waals surface area contributed by atoms with E-state index in [0.717, 1.165) is 0 Å². The zero-order valence-corrected chi connectivity index (χ0v) is 7.77. The zero-order chi connectivity index (χ0) is 9.84. The predicted octanol–water partition coefficient (Wildman–Crippen LogP) is 1.32. The van der Waals surface area contributed by atoms with Crippen molar-refractivity contribution in [2.24, 2.45) is 10.8 Å². The van der Waals surface area contributed by atoms with Gasteiger partial charge in [0.05, 0.1) is 5.56 Å². The van der Waals surface area contributed by atoms with Crippen LogP contribution >= 0.6 is 11.6 Å². The van der Waals surface area contributed by atoms with Gasteiger partial charge < -0.3 is 5.43 Å². The summed E-state index contributed by atoms with van der Waals surface area (Å²) in [5, 5.41) is 0.341. The van der Waals surface area contributed by atoms with Gasteiger partial charge >= 0.3 is 0 Å². The number of hydrogen-bond donors (Lipinski definition) is 2. The molecule has 5 heteroatoms. The quantitative estimate of drug-likeness (QED) is 0.312. The van der Waals surface area contributed by atoms with Gasteiger partial charge in [0, 0.05) is 12.1 Å². The third-order valence-electron chi connectivity index (χ3n) is 1.55. The second-order valence-corrected chi connectivity index (χ2v) is 2.78. The maximum Gasteiger partial charge on any atom is 0.145 e. The summed E-state index contributed by atoms with van der Waals surface area (Å²) in [6.07, 6.45) is 0. The fourth-order valence-corrected chi connectivity index (χ4v) is 1.10. The van der Waals surface area contributed by atoms with Crippen LogP contribution in [0.4, 0.5) is 4.39 Å². The average Bonchev–Trinajstić information content (AvgIpc) is 2.10. The molecule has 0 bridgehead atoms. The summed E-state index contributed by atoms with van der Waals surface area (Å²) in [6.45, 7) is 0. The highest BCUT2D eigenvalue weighted by molar-refractivity contribution is 6.30. The first-order valence-corrected chi connectivity index (χ1v) is 3.95. The van der Waals surface area contributed by atoms with Crippen LogP contribution in [0.25, 0.3) is 0 Å². The lowest BCUT2D eigenvalue weighted by atomic mass is 10.2. The lowest BCUT2D eigenvalue weighted by molar-refractivity contribution is 0.624. The Morgan fingerprint density at radius 3 is 2.77 bits per heavy atom. The molecule has 1 rings (SSSR count). The summed E-state index contributed by atoms with van der Waals surface area (Å²) in [5.74, 6) is 4.98. The number of benzene rings is 1. The number of amidine groups is 1. The second-order valence-electron chi connectivity index (χ2n) is 2.34. The number of hydrogen-bond acceptors (Lipinski definition) is 2. The van der Waals surface area contributed by atoms with Gasteiger partial charge in [-0.2, -0.15) is 0 Å². The van der Waals surface area contributed by atoms with Crippen LogP contribution in [-0.2, 0) is 0 Å². The van der Waals surface area contributed by atoms with Crippen LogP contribution in [0.3, 0.4) is 0 Å². The van der Waals surface area contributed by atoms with Gasteiger partial charge in [-0.25, -0.2) is 10.2 Å². The zero-order valence-electron chi connectivity index (χ0n) is 7.01. The molecule has 0 aromatic heterocycles. The van der Waals surface area contributed by atoms with Crippen LogP contribution in [0.15, 0.2) is 23.2 Å². The predicted molar refractivity (Wildman–Crippen MR) is 51.2 cm³/mol. The number of halogens is 2. The summed E-state index contributed by atoms with van der Waals surface area (Å²) in [5.41, 5.74) is 2.60. The smallest absolute Gasteiger partial charge is 0.145 e. The number of nitrogens with one attached hydrogen (secondary N) is 1. The summed E-state index contributed by atoms with van der Waals surface area (Å²) < 4.78 is 13.2. The molecule has 3 N–H and O–H groups in total. The Labute approximate surface area is 80.4 Å². The maximum absolute atomic E-state index is 13.2. The minimum atomic E-state index is -0.453. The van der Waals surface area contributed by atoms with Gasteiger partial charge in [-0.3, -0.25) is 4.99 Å². The number of rotatable bonds is 1. The molecule has 13 heavy (non-hydrogen) atoms. The van der Waals surface area contributed by atoms with Crippen LogP contribution in [0, 0.1) is 5.82 Å². The molecule has 0 fully saturated rings. The van der Waals surface area contributed by atoms with Gasteiger partial charge in [0.25, 0.3) is 0 Å². The monoisotopic (exact) mass is 201 g/mol. The molecular formula is C8H9ClFN3. The van der Waals surface area contributed by atoms with Gasteiger partial charge in [0.2, 0.25) is 0 Å². The summed E-state index contributed by atoms with van der Waals surface area (Å²) in [7, 11) is 1.52. The van der Waals surface area contributed by atoms with Crippen LogP contribution in [0.2, 0.25) is 5.02 Å². The van der Waals surface area contributed by atoms with Crippen molar-refractivity contribution in [3.8, 4) is 0 Å².